The minimum absolute atomic E-state index is 0.0212. The van der Waals surface area contributed by atoms with E-state index in [9.17, 15) is 13.2 Å². The Hall–Kier alpha value is -1.35. The van der Waals surface area contributed by atoms with Crippen molar-refractivity contribution in [3.63, 3.8) is 0 Å². The van der Waals surface area contributed by atoms with Gasteiger partial charge < -0.3 is 9.84 Å². The van der Waals surface area contributed by atoms with Crippen molar-refractivity contribution in [1.82, 2.24) is 9.62 Å². The number of hydrogen-bond donors (Lipinski definition) is 2. The number of aryl methyl sites for hydroxylation is 1. The maximum Gasteiger partial charge on any atom is 0.317 e. The molecule has 0 atom stereocenters. The van der Waals surface area contributed by atoms with Gasteiger partial charge >= 0.3 is 5.97 Å². The van der Waals surface area contributed by atoms with Crippen LogP contribution in [-0.2, 0) is 14.8 Å². The van der Waals surface area contributed by atoms with Gasteiger partial charge in [0.05, 0.1) is 23.6 Å². The minimum Gasteiger partial charge on any atom is -0.495 e. The van der Waals surface area contributed by atoms with Crippen LogP contribution in [0.15, 0.2) is 17.0 Å². The van der Waals surface area contributed by atoms with Crippen LogP contribution in [0.1, 0.15) is 18.4 Å². The number of nitrogens with one attached hydrogen (secondary N) is 1. The predicted octanol–water partition coefficient (Wildman–Crippen LogP) is 1.48. The van der Waals surface area contributed by atoms with Crippen molar-refractivity contribution < 1.29 is 23.1 Å². The molecule has 24 heavy (non-hydrogen) atoms. The third-order valence-corrected chi connectivity index (χ3v) is 5.97. The van der Waals surface area contributed by atoms with Gasteiger partial charge in [0.2, 0.25) is 10.0 Å². The molecule has 2 N–H and O–H groups in total. The number of benzene rings is 1. The van der Waals surface area contributed by atoms with Crippen LogP contribution < -0.4 is 9.46 Å². The highest BCUT2D eigenvalue weighted by molar-refractivity contribution is 7.89. The molecule has 1 saturated heterocycles. The number of hydrogen-bond acceptors (Lipinski definition) is 5. The number of rotatable bonds is 6. The summed E-state index contributed by atoms with van der Waals surface area (Å²) in [7, 11) is -2.23. The summed E-state index contributed by atoms with van der Waals surface area (Å²) in [5, 5.41) is 9.03. The predicted molar refractivity (Wildman–Crippen MR) is 90.2 cm³/mol. The Bertz CT molecular complexity index is 715. The lowest BCUT2D eigenvalue weighted by Crippen LogP contribution is -2.45. The number of methoxy groups -OCH3 is 1. The lowest BCUT2D eigenvalue weighted by atomic mass is 10.1. The zero-order chi connectivity index (χ0) is 17.9. The van der Waals surface area contributed by atoms with Crippen LogP contribution in [0, 0.1) is 6.92 Å². The van der Waals surface area contributed by atoms with E-state index < -0.39 is 16.0 Å². The second-order valence-corrected chi connectivity index (χ2v) is 7.91. The number of carboxylic acids is 1. The molecule has 1 fully saturated rings. The minimum atomic E-state index is -3.70. The molecule has 134 valence electrons. The number of aliphatic carboxylic acids is 1. The van der Waals surface area contributed by atoms with E-state index in [4.69, 9.17) is 21.4 Å². The maximum atomic E-state index is 12.6. The quantitative estimate of drug-likeness (QED) is 0.780. The van der Waals surface area contributed by atoms with Gasteiger partial charge in [0, 0.05) is 19.1 Å². The number of ether oxygens (including phenoxy) is 1. The number of likely N-dealkylation sites (tertiary alicyclic amines) is 1. The fourth-order valence-electron chi connectivity index (χ4n) is 2.77. The molecule has 1 aliphatic heterocycles. The summed E-state index contributed by atoms with van der Waals surface area (Å²) in [6.07, 6.45) is 1.13. The molecule has 0 radical (unpaired) electrons. The average molecular weight is 377 g/mol. The molecule has 0 bridgehead atoms. The van der Waals surface area contributed by atoms with Crippen LogP contribution >= 0.6 is 11.6 Å². The monoisotopic (exact) mass is 376 g/mol. The van der Waals surface area contributed by atoms with Crippen molar-refractivity contribution in [1.29, 1.82) is 0 Å². The van der Waals surface area contributed by atoms with E-state index in [0.717, 1.165) is 0 Å². The van der Waals surface area contributed by atoms with Crippen LogP contribution in [0.5, 0.6) is 5.75 Å². The molecule has 1 aliphatic rings. The van der Waals surface area contributed by atoms with Crippen molar-refractivity contribution in [2.75, 3.05) is 26.7 Å². The largest absolute Gasteiger partial charge is 0.495 e. The first kappa shape index (κ1) is 19.0. The fourth-order valence-corrected chi connectivity index (χ4v) is 4.63. The van der Waals surface area contributed by atoms with E-state index in [-0.39, 0.29) is 22.5 Å². The SMILES string of the molecule is COc1cc(C)c(S(=O)(=O)NC2CCN(CC(=O)O)CC2)cc1Cl. The lowest BCUT2D eigenvalue weighted by Gasteiger charge is -2.31. The zero-order valence-corrected chi connectivity index (χ0v) is 15.2. The number of nitrogens with zero attached hydrogens (tertiary/aromatic N) is 1. The van der Waals surface area contributed by atoms with Crippen LogP contribution in [0.2, 0.25) is 5.02 Å². The second-order valence-electron chi connectivity index (χ2n) is 5.82. The molecule has 1 aromatic rings. The topological polar surface area (TPSA) is 95.9 Å². The van der Waals surface area contributed by atoms with E-state index in [1.807, 2.05) is 0 Å². The second kappa shape index (κ2) is 7.69. The highest BCUT2D eigenvalue weighted by Crippen LogP contribution is 2.30. The summed E-state index contributed by atoms with van der Waals surface area (Å²) in [6, 6.07) is 2.75. The number of piperidine rings is 1. The Labute approximate surface area is 146 Å². The van der Waals surface area contributed by atoms with Crippen molar-refractivity contribution in [3.8, 4) is 5.75 Å². The number of halogens is 1. The van der Waals surface area contributed by atoms with E-state index in [1.54, 1.807) is 17.9 Å². The number of carbonyl (C=O) groups is 1. The molecule has 1 heterocycles. The lowest BCUT2D eigenvalue weighted by molar-refractivity contribution is -0.138. The van der Waals surface area contributed by atoms with Gasteiger partial charge in [0.15, 0.2) is 0 Å². The van der Waals surface area contributed by atoms with E-state index in [2.05, 4.69) is 4.72 Å². The third kappa shape index (κ3) is 4.60. The van der Waals surface area contributed by atoms with Crippen LogP contribution in [0.4, 0.5) is 0 Å². The summed E-state index contributed by atoms with van der Waals surface area (Å²) in [6.45, 7) is 2.75. The van der Waals surface area contributed by atoms with Gasteiger partial charge in [0.25, 0.3) is 0 Å². The summed E-state index contributed by atoms with van der Waals surface area (Å²) >= 11 is 6.04. The summed E-state index contributed by atoms with van der Waals surface area (Å²) < 4.78 is 33.0. The van der Waals surface area contributed by atoms with Gasteiger partial charge in [-0.2, -0.15) is 0 Å². The van der Waals surface area contributed by atoms with Crippen LogP contribution in [-0.4, -0.2) is 57.2 Å². The van der Waals surface area contributed by atoms with E-state index >= 15 is 0 Å². The van der Waals surface area contributed by atoms with E-state index in [0.29, 0.717) is 37.2 Å². The first-order valence-corrected chi connectivity index (χ1v) is 9.39. The molecule has 0 aromatic heterocycles. The van der Waals surface area contributed by atoms with Gasteiger partial charge in [0.1, 0.15) is 5.75 Å². The Morgan fingerprint density at radius 3 is 2.58 bits per heavy atom. The van der Waals surface area contributed by atoms with Crippen molar-refractivity contribution in [3.05, 3.63) is 22.7 Å². The Balaban J connectivity index is 2.07. The average Bonchev–Trinajstić information content (AvgIpc) is 2.50. The van der Waals surface area contributed by atoms with Gasteiger partial charge in [-0.1, -0.05) is 11.6 Å². The molecule has 9 heteroatoms. The molecule has 0 spiro atoms. The highest BCUT2D eigenvalue weighted by Gasteiger charge is 2.27. The molecule has 1 aromatic carbocycles. The van der Waals surface area contributed by atoms with Gasteiger partial charge in [-0.3, -0.25) is 9.69 Å². The first-order chi connectivity index (χ1) is 11.2. The smallest absolute Gasteiger partial charge is 0.317 e. The number of sulfonamides is 1. The molecular weight excluding hydrogens is 356 g/mol. The van der Waals surface area contributed by atoms with Gasteiger partial charge in [-0.25, -0.2) is 13.1 Å². The van der Waals surface area contributed by atoms with Crippen molar-refractivity contribution >= 4 is 27.6 Å². The van der Waals surface area contributed by atoms with Crippen molar-refractivity contribution in [2.45, 2.75) is 30.7 Å². The molecule has 0 unspecified atom stereocenters. The summed E-state index contributed by atoms with van der Waals surface area (Å²) in [5.74, 6) is -0.451. The molecule has 7 nitrogen and oxygen atoms in total. The van der Waals surface area contributed by atoms with Gasteiger partial charge in [-0.05, 0) is 37.5 Å². The van der Waals surface area contributed by atoms with E-state index in [1.165, 1.54) is 13.2 Å². The molecule has 0 aliphatic carbocycles. The molecule has 0 amide bonds. The normalized spacial score (nSPS) is 17.0. The maximum absolute atomic E-state index is 12.6. The summed E-state index contributed by atoms with van der Waals surface area (Å²) in [4.78, 5) is 12.6. The first-order valence-electron chi connectivity index (χ1n) is 7.53. The molecule has 2 rings (SSSR count). The Morgan fingerprint density at radius 1 is 1.42 bits per heavy atom. The molecular formula is C15H21ClN2O5S. The zero-order valence-electron chi connectivity index (χ0n) is 13.6. The summed E-state index contributed by atoms with van der Waals surface area (Å²) in [5.41, 5.74) is 0.548. The van der Waals surface area contributed by atoms with Crippen molar-refractivity contribution in [2.24, 2.45) is 0 Å². The standard InChI is InChI=1S/C15H21ClN2O5S/c1-10-7-13(23-2)12(16)8-14(10)24(21,22)17-11-3-5-18(6-4-11)9-15(19)20/h7-8,11,17H,3-6,9H2,1-2H3,(H,19,20). The Morgan fingerprint density at radius 2 is 2.04 bits per heavy atom. The number of carboxylic acid groups (broad SMARTS) is 1. The third-order valence-electron chi connectivity index (χ3n) is 4.01. The Kier molecular flexibility index (Phi) is 6.08. The highest BCUT2D eigenvalue weighted by atomic mass is 35.5. The molecule has 0 saturated carbocycles. The van der Waals surface area contributed by atoms with Crippen LogP contribution in [0.3, 0.4) is 0 Å². The van der Waals surface area contributed by atoms with Crippen LogP contribution in [0.25, 0.3) is 0 Å². The fraction of sp³-hybridized carbons (Fsp3) is 0.533. The van der Waals surface area contributed by atoms with Gasteiger partial charge in [-0.15, -0.1) is 0 Å².